The predicted octanol–water partition coefficient (Wildman–Crippen LogP) is 2.50. The third kappa shape index (κ3) is 2.97. The fraction of sp³-hybridized carbons (Fsp3) is 0.562. The smallest absolute Gasteiger partial charge is 0.227 e. The zero-order valence-corrected chi connectivity index (χ0v) is 12.4. The number of anilines is 1. The number of aliphatic hydroxyl groups excluding tert-OH is 1. The fourth-order valence-electron chi connectivity index (χ4n) is 2.49. The summed E-state index contributed by atoms with van der Waals surface area (Å²) in [7, 11) is 3.12. The van der Waals surface area contributed by atoms with Gasteiger partial charge in [0.05, 0.1) is 26.0 Å². The average molecular weight is 291 g/mol. The summed E-state index contributed by atoms with van der Waals surface area (Å²) in [5.41, 5.74) is 1.34. The lowest BCUT2D eigenvalue weighted by Crippen LogP contribution is -2.16. The predicted molar refractivity (Wildman–Crippen MR) is 78.6 cm³/mol. The topological polar surface area (TPSA) is 67.8 Å². The summed E-state index contributed by atoms with van der Waals surface area (Å²) < 4.78 is 10.6. The second kappa shape index (κ2) is 5.56. The highest BCUT2D eigenvalue weighted by Crippen LogP contribution is 2.46. The van der Waals surface area contributed by atoms with E-state index in [4.69, 9.17) is 9.47 Å². The summed E-state index contributed by atoms with van der Waals surface area (Å²) in [6, 6.07) is 3.50. The van der Waals surface area contributed by atoms with Gasteiger partial charge in [-0.05, 0) is 37.7 Å². The largest absolute Gasteiger partial charge is 0.493 e. The van der Waals surface area contributed by atoms with Crippen LogP contribution in [0.2, 0.25) is 0 Å². The van der Waals surface area contributed by atoms with Crippen LogP contribution in [0, 0.1) is 11.8 Å². The summed E-state index contributed by atoms with van der Waals surface area (Å²) in [6.45, 7) is 0. The van der Waals surface area contributed by atoms with Gasteiger partial charge in [0.2, 0.25) is 5.91 Å². The third-order valence-corrected chi connectivity index (χ3v) is 4.15. The number of ether oxygens (including phenoxy) is 2. The van der Waals surface area contributed by atoms with Crippen LogP contribution >= 0.6 is 0 Å². The van der Waals surface area contributed by atoms with E-state index < -0.39 is 6.10 Å². The molecule has 2 N–H and O–H groups in total. The Hall–Kier alpha value is -1.75. The van der Waals surface area contributed by atoms with E-state index in [2.05, 4.69) is 5.32 Å². The molecule has 5 heteroatoms. The second-order valence-electron chi connectivity index (χ2n) is 5.84. The summed E-state index contributed by atoms with van der Waals surface area (Å²) in [4.78, 5) is 12.0. The van der Waals surface area contributed by atoms with E-state index in [1.165, 1.54) is 0 Å². The molecule has 0 radical (unpaired) electrons. The van der Waals surface area contributed by atoms with Crippen molar-refractivity contribution in [3.05, 3.63) is 17.7 Å². The van der Waals surface area contributed by atoms with Crippen LogP contribution in [0.3, 0.4) is 0 Å². The number of methoxy groups -OCH3 is 2. The van der Waals surface area contributed by atoms with E-state index in [1.807, 2.05) is 0 Å². The van der Waals surface area contributed by atoms with Gasteiger partial charge in [0.1, 0.15) is 0 Å². The van der Waals surface area contributed by atoms with Gasteiger partial charge in [0.25, 0.3) is 0 Å². The van der Waals surface area contributed by atoms with Crippen molar-refractivity contribution in [1.82, 2.24) is 0 Å². The van der Waals surface area contributed by atoms with Crippen molar-refractivity contribution in [3.8, 4) is 11.5 Å². The average Bonchev–Trinajstić information content (AvgIpc) is 3.37. The summed E-state index contributed by atoms with van der Waals surface area (Å²) >= 11 is 0. The molecule has 2 aliphatic rings. The first kappa shape index (κ1) is 14.2. The lowest BCUT2D eigenvalue weighted by atomic mass is 10.0. The molecule has 2 saturated carbocycles. The van der Waals surface area contributed by atoms with Crippen LogP contribution in [0.15, 0.2) is 12.1 Å². The number of aliphatic hydroxyl groups is 1. The van der Waals surface area contributed by atoms with Crippen LogP contribution in [-0.4, -0.2) is 25.2 Å². The number of amides is 1. The van der Waals surface area contributed by atoms with Gasteiger partial charge in [-0.25, -0.2) is 0 Å². The fourth-order valence-corrected chi connectivity index (χ4v) is 2.49. The first-order chi connectivity index (χ1) is 10.1. The maximum absolute atomic E-state index is 12.0. The molecule has 0 aliphatic heterocycles. The summed E-state index contributed by atoms with van der Waals surface area (Å²) in [6.07, 6.45) is 3.36. The molecule has 0 unspecified atom stereocenters. The Balaban J connectivity index is 1.94. The number of hydrogen-bond acceptors (Lipinski definition) is 4. The van der Waals surface area contributed by atoms with Crippen LogP contribution in [0.25, 0.3) is 0 Å². The Bertz CT molecular complexity index is 549. The number of nitrogens with one attached hydrogen (secondary N) is 1. The normalized spacial score (nSPS) is 19.0. The third-order valence-electron chi connectivity index (χ3n) is 4.15. The van der Waals surface area contributed by atoms with Crippen LogP contribution < -0.4 is 14.8 Å². The Morgan fingerprint density at radius 3 is 2.33 bits per heavy atom. The van der Waals surface area contributed by atoms with E-state index in [0.29, 0.717) is 22.7 Å². The Morgan fingerprint density at radius 1 is 1.19 bits per heavy atom. The molecule has 0 aromatic heterocycles. The zero-order valence-electron chi connectivity index (χ0n) is 12.4. The van der Waals surface area contributed by atoms with E-state index in [-0.39, 0.29) is 17.7 Å². The van der Waals surface area contributed by atoms with Crippen LogP contribution in [-0.2, 0) is 4.79 Å². The monoisotopic (exact) mass is 291 g/mol. The molecule has 1 aromatic rings. The highest BCUT2D eigenvalue weighted by atomic mass is 16.5. The maximum Gasteiger partial charge on any atom is 0.227 e. The summed E-state index contributed by atoms with van der Waals surface area (Å²) in [5.74, 6) is 1.53. The van der Waals surface area contributed by atoms with Gasteiger partial charge < -0.3 is 19.9 Å². The van der Waals surface area contributed by atoms with Crippen LogP contribution in [0.4, 0.5) is 5.69 Å². The van der Waals surface area contributed by atoms with Gasteiger partial charge >= 0.3 is 0 Å². The van der Waals surface area contributed by atoms with Gasteiger partial charge in [0, 0.05) is 17.5 Å². The number of benzene rings is 1. The number of carbonyl (C=O) groups excluding carboxylic acids is 1. The standard InChI is InChI=1S/C16H21NO4/c1-20-13-7-11(15(18)9-3-4-9)12(8-14(13)21-2)17-16(19)10-5-6-10/h7-10,15,18H,3-6H2,1-2H3,(H,17,19)/t15-/m0/s1. The second-order valence-corrected chi connectivity index (χ2v) is 5.84. The van der Waals surface area contributed by atoms with Gasteiger partial charge in [-0.3, -0.25) is 4.79 Å². The number of rotatable bonds is 6. The molecule has 1 amide bonds. The minimum atomic E-state index is -0.570. The number of hydrogen-bond donors (Lipinski definition) is 2. The molecule has 0 heterocycles. The van der Waals surface area contributed by atoms with Crippen molar-refractivity contribution in [2.45, 2.75) is 31.8 Å². The minimum Gasteiger partial charge on any atom is -0.493 e. The van der Waals surface area contributed by atoms with E-state index in [0.717, 1.165) is 25.7 Å². The van der Waals surface area contributed by atoms with Crippen molar-refractivity contribution in [2.75, 3.05) is 19.5 Å². The molecular weight excluding hydrogens is 270 g/mol. The van der Waals surface area contributed by atoms with Gasteiger partial charge in [-0.1, -0.05) is 0 Å². The molecule has 21 heavy (non-hydrogen) atoms. The van der Waals surface area contributed by atoms with Crippen molar-refractivity contribution in [1.29, 1.82) is 0 Å². The minimum absolute atomic E-state index is 0.0199. The van der Waals surface area contributed by atoms with E-state index in [1.54, 1.807) is 26.4 Å². The van der Waals surface area contributed by atoms with Gasteiger partial charge in [0.15, 0.2) is 11.5 Å². The van der Waals surface area contributed by atoms with Crippen LogP contribution in [0.5, 0.6) is 11.5 Å². The lowest BCUT2D eigenvalue weighted by molar-refractivity contribution is -0.117. The zero-order chi connectivity index (χ0) is 15.0. The quantitative estimate of drug-likeness (QED) is 0.845. The molecule has 0 bridgehead atoms. The Labute approximate surface area is 124 Å². The Morgan fingerprint density at radius 2 is 1.81 bits per heavy atom. The molecule has 2 fully saturated rings. The van der Waals surface area contributed by atoms with Crippen molar-refractivity contribution >= 4 is 11.6 Å². The van der Waals surface area contributed by atoms with Gasteiger partial charge in [-0.15, -0.1) is 0 Å². The molecule has 1 aromatic carbocycles. The first-order valence-corrected chi connectivity index (χ1v) is 7.39. The molecular formula is C16H21NO4. The molecule has 3 rings (SSSR count). The molecule has 0 saturated heterocycles. The van der Waals surface area contributed by atoms with Crippen molar-refractivity contribution < 1.29 is 19.4 Å². The number of carbonyl (C=O) groups is 1. The Kier molecular flexibility index (Phi) is 3.76. The molecule has 114 valence electrons. The van der Waals surface area contributed by atoms with Crippen molar-refractivity contribution in [3.63, 3.8) is 0 Å². The van der Waals surface area contributed by atoms with Gasteiger partial charge in [-0.2, -0.15) is 0 Å². The molecule has 1 atom stereocenters. The lowest BCUT2D eigenvalue weighted by Gasteiger charge is -2.19. The first-order valence-electron chi connectivity index (χ1n) is 7.39. The molecule has 5 nitrogen and oxygen atoms in total. The van der Waals surface area contributed by atoms with Crippen LogP contribution in [0.1, 0.15) is 37.4 Å². The van der Waals surface area contributed by atoms with E-state index >= 15 is 0 Å². The highest BCUT2D eigenvalue weighted by Gasteiger charge is 2.35. The SMILES string of the molecule is COc1cc(NC(=O)C2CC2)c([C@@H](O)C2CC2)cc1OC. The maximum atomic E-state index is 12.0. The highest BCUT2D eigenvalue weighted by molar-refractivity contribution is 5.95. The van der Waals surface area contributed by atoms with Crippen molar-refractivity contribution in [2.24, 2.45) is 11.8 Å². The summed E-state index contributed by atoms with van der Waals surface area (Å²) in [5, 5.41) is 13.4. The molecule has 2 aliphatic carbocycles. The van der Waals surface area contributed by atoms with E-state index in [9.17, 15) is 9.90 Å². The molecule has 0 spiro atoms.